The minimum absolute atomic E-state index is 0. The number of aromatic nitrogens is 1. The fraction of sp³-hybridized carbons (Fsp3) is 0.375. The predicted molar refractivity (Wildman–Crippen MR) is 108 cm³/mol. The fourth-order valence-electron chi connectivity index (χ4n) is 2.60. The first-order valence-corrected chi connectivity index (χ1v) is 9.56. The molecule has 1 fully saturated rings. The smallest absolute Gasteiger partial charge is 0.191 e. The lowest BCUT2D eigenvalue weighted by Crippen LogP contribution is -2.43. The van der Waals surface area contributed by atoms with Gasteiger partial charge in [-0.05, 0) is 6.42 Å². The third-order valence-corrected chi connectivity index (χ3v) is 5.62. The van der Waals surface area contributed by atoms with Crippen LogP contribution in [0.4, 0.5) is 0 Å². The molecule has 136 valence electrons. The van der Waals surface area contributed by atoms with Gasteiger partial charge in [-0.25, -0.2) is 8.42 Å². The highest BCUT2D eigenvalue weighted by atomic mass is 127. The zero-order valence-electron chi connectivity index (χ0n) is 13.8. The molecule has 3 rings (SSSR count). The van der Waals surface area contributed by atoms with E-state index in [4.69, 9.17) is 4.52 Å². The van der Waals surface area contributed by atoms with E-state index in [1.54, 1.807) is 7.05 Å². The molecule has 0 spiro atoms. The van der Waals surface area contributed by atoms with Crippen LogP contribution in [0.25, 0.3) is 11.3 Å². The van der Waals surface area contributed by atoms with Crippen molar-refractivity contribution in [2.45, 2.75) is 19.0 Å². The highest BCUT2D eigenvalue weighted by Crippen LogP contribution is 2.19. The Morgan fingerprint density at radius 1 is 1.36 bits per heavy atom. The van der Waals surface area contributed by atoms with E-state index in [0.717, 1.165) is 11.3 Å². The molecule has 1 aliphatic heterocycles. The van der Waals surface area contributed by atoms with Gasteiger partial charge >= 0.3 is 0 Å². The second-order valence-corrected chi connectivity index (χ2v) is 7.95. The Labute approximate surface area is 164 Å². The summed E-state index contributed by atoms with van der Waals surface area (Å²) in [6, 6.07) is 11.5. The van der Waals surface area contributed by atoms with Gasteiger partial charge in [0.1, 0.15) is 5.69 Å². The van der Waals surface area contributed by atoms with Crippen LogP contribution in [0, 0.1) is 0 Å². The maximum atomic E-state index is 11.5. The molecule has 9 heteroatoms. The highest BCUT2D eigenvalue weighted by molar-refractivity contribution is 14.0. The lowest BCUT2D eigenvalue weighted by atomic mass is 10.2. The van der Waals surface area contributed by atoms with Gasteiger partial charge < -0.3 is 15.2 Å². The molecule has 1 saturated heterocycles. The fourth-order valence-corrected chi connectivity index (χ4v) is 4.28. The summed E-state index contributed by atoms with van der Waals surface area (Å²) in [7, 11) is -1.27. The normalized spacial score (nSPS) is 19.2. The van der Waals surface area contributed by atoms with E-state index >= 15 is 0 Å². The van der Waals surface area contributed by atoms with Crippen LogP contribution in [-0.4, -0.2) is 44.1 Å². The standard InChI is InChI=1S/C16H20N4O3S.HI/c1-17-16(19-13-7-8-24(21,22)11-13)18-10-14-9-15(23-20-14)12-5-3-2-4-6-12;/h2-6,9,13H,7-8,10-11H2,1H3,(H2,17,18,19);1H. The van der Waals surface area contributed by atoms with Crippen LogP contribution in [0.1, 0.15) is 12.1 Å². The Morgan fingerprint density at radius 3 is 2.76 bits per heavy atom. The van der Waals surface area contributed by atoms with Crippen molar-refractivity contribution in [1.29, 1.82) is 0 Å². The Balaban J connectivity index is 0.00000225. The minimum atomic E-state index is -2.92. The van der Waals surface area contributed by atoms with Gasteiger partial charge in [0.25, 0.3) is 0 Å². The molecular formula is C16H21IN4O3S. The number of halogens is 1. The second-order valence-electron chi connectivity index (χ2n) is 5.72. The summed E-state index contributed by atoms with van der Waals surface area (Å²) in [5, 5.41) is 10.3. The Morgan fingerprint density at radius 2 is 2.12 bits per heavy atom. The number of benzene rings is 1. The number of nitrogens with zero attached hydrogens (tertiary/aromatic N) is 2. The van der Waals surface area contributed by atoms with Crippen molar-refractivity contribution in [1.82, 2.24) is 15.8 Å². The molecule has 0 aliphatic carbocycles. The van der Waals surface area contributed by atoms with Crippen molar-refractivity contribution in [3.63, 3.8) is 0 Å². The van der Waals surface area contributed by atoms with E-state index in [2.05, 4.69) is 20.8 Å². The maximum Gasteiger partial charge on any atom is 0.191 e. The zero-order valence-corrected chi connectivity index (χ0v) is 17.0. The molecule has 0 amide bonds. The van der Waals surface area contributed by atoms with Crippen LogP contribution in [0.3, 0.4) is 0 Å². The summed E-state index contributed by atoms with van der Waals surface area (Å²) in [4.78, 5) is 4.12. The van der Waals surface area contributed by atoms with Crippen LogP contribution in [0.15, 0.2) is 45.9 Å². The first-order chi connectivity index (χ1) is 11.6. The van der Waals surface area contributed by atoms with Gasteiger partial charge in [-0.2, -0.15) is 0 Å². The number of guanidine groups is 1. The first kappa shape index (κ1) is 19.7. The number of hydrogen-bond acceptors (Lipinski definition) is 5. The van der Waals surface area contributed by atoms with Gasteiger partial charge in [0.05, 0.1) is 18.1 Å². The molecule has 2 aromatic rings. The lowest BCUT2D eigenvalue weighted by molar-refractivity contribution is 0.422. The molecule has 2 N–H and O–H groups in total. The molecule has 0 radical (unpaired) electrons. The number of sulfone groups is 1. The van der Waals surface area contributed by atoms with Crippen LogP contribution < -0.4 is 10.6 Å². The molecule has 1 aromatic carbocycles. The second kappa shape index (κ2) is 8.65. The Bertz CT molecular complexity index is 821. The van der Waals surface area contributed by atoms with Crippen LogP contribution in [0.5, 0.6) is 0 Å². The van der Waals surface area contributed by atoms with Crippen molar-refractivity contribution in [2.75, 3.05) is 18.6 Å². The van der Waals surface area contributed by atoms with E-state index in [1.807, 2.05) is 36.4 Å². The number of aliphatic imine (C=N–C) groups is 1. The predicted octanol–water partition coefficient (Wildman–Crippen LogP) is 1.81. The SMILES string of the molecule is CN=C(NCc1cc(-c2ccccc2)on1)NC1CCS(=O)(=O)C1.I. The molecular weight excluding hydrogens is 455 g/mol. The molecule has 0 saturated carbocycles. The zero-order chi connectivity index (χ0) is 17.0. The monoisotopic (exact) mass is 476 g/mol. The lowest BCUT2D eigenvalue weighted by Gasteiger charge is -2.15. The van der Waals surface area contributed by atoms with Crippen molar-refractivity contribution in [3.05, 3.63) is 42.1 Å². The Hall–Kier alpha value is -1.62. The van der Waals surface area contributed by atoms with Crippen LogP contribution in [0.2, 0.25) is 0 Å². The molecule has 1 aromatic heterocycles. The van der Waals surface area contributed by atoms with Gasteiger partial charge in [0.15, 0.2) is 21.6 Å². The molecule has 0 bridgehead atoms. The average Bonchev–Trinajstić information content (AvgIpc) is 3.18. The van der Waals surface area contributed by atoms with Gasteiger partial charge in [-0.3, -0.25) is 4.99 Å². The highest BCUT2D eigenvalue weighted by Gasteiger charge is 2.28. The molecule has 7 nitrogen and oxygen atoms in total. The number of nitrogens with one attached hydrogen (secondary N) is 2. The maximum absolute atomic E-state index is 11.5. The van der Waals surface area contributed by atoms with Crippen molar-refractivity contribution in [2.24, 2.45) is 4.99 Å². The molecule has 1 atom stereocenters. The summed E-state index contributed by atoms with van der Waals surface area (Å²) in [5.74, 6) is 1.64. The summed E-state index contributed by atoms with van der Waals surface area (Å²) in [6.07, 6.45) is 0.602. The molecule has 2 heterocycles. The van der Waals surface area contributed by atoms with E-state index in [-0.39, 0.29) is 41.5 Å². The molecule has 25 heavy (non-hydrogen) atoms. The summed E-state index contributed by atoms with van der Waals surface area (Å²) in [5.41, 5.74) is 1.71. The van der Waals surface area contributed by atoms with Crippen molar-refractivity contribution in [3.8, 4) is 11.3 Å². The van der Waals surface area contributed by atoms with E-state index in [1.165, 1.54) is 0 Å². The minimum Gasteiger partial charge on any atom is -0.356 e. The summed E-state index contributed by atoms with van der Waals surface area (Å²) >= 11 is 0. The van der Waals surface area contributed by atoms with Gasteiger partial charge in [-0.1, -0.05) is 35.5 Å². The summed E-state index contributed by atoms with van der Waals surface area (Å²) < 4.78 is 28.4. The van der Waals surface area contributed by atoms with E-state index in [9.17, 15) is 8.42 Å². The van der Waals surface area contributed by atoms with E-state index < -0.39 is 9.84 Å². The quantitative estimate of drug-likeness (QED) is 0.397. The van der Waals surface area contributed by atoms with Crippen molar-refractivity contribution >= 4 is 39.8 Å². The molecule has 1 unspecified atom stereocenters. The first-order valence-electron chi connectivity index (χ1n) is 7.74. The van der Waals surface area contributed by atoms with Crippen LogP contribution >= 0.6 is 24.0 Å². The number of rotatable bonds is 4. The third-order valence-electron chi connectivity index (χ3n) is 3.85. The third kappa shape index (κ3) is 5.43. The summed E-state index contributed by atoms with van der Waals surface area (Å²) in [6.45, 7) is 0.440. The topological polar surface area (TPSA) is 96.6 Å². The van der Waals surface area contributed by atoms with Crippen LogP contribution in [-0.2, 0) is 16.4 Å². The van der Waals surface area contributed by atoms with Crippen molar-refractivity contribution < 1.29 is 12.9 Å². The molecule has 1 aliphatic rings. The van der Waals surface area contributed by atoms with Gasteiger partial charge in [0, 0.05) is 24.7 Å². The number of hydrogen-bond donors (Lipinski definition) is 2. The average molecular weight is 476 g/mol. The Kier molecular flexibility index (Phi) is 6.82. The van der Waals surface area contributed by atoms with E-state index in [0.29, 0.717) is 24.7 Å². The van der Waals surface area contributed by atoms with Gasteiger partial charge in [-0.15, -0.1) is 24.0 Å². The largest absolute Gasteiger partial charge is 0.356 e. The van der Waals surface area contributed by atoms with Gasteiger partial charge in [0.2, 0.25) is 0 Å².